The Labute approximate surface area is 115 Å². The monoisotopic (exact) mass is 261 g/mol. The summed E-state index contributed by atoms with van der Waals surface area (Å²) >= 11 is 0. The first-order chi connectivity index (χ1) is 9.25. The number of aliphatic carboxylic acids is 1. The van der Waals surface area contributed by atoms with Gasteiger partial charge in [-0.2, -0.15) is 0 Å². The van der Waals surface area contributed by atoms with Gasteiger partial charge in [-0.05, 0) is 68.3 Å². The lowest BCUT2D eigenvalue weighted by atomic mass is 10.0. The number of rotatable bonds is 8. The third-order valence-corrected chi connectivity index (χ3v) is 3.75. The highest BCUT2D eigenvalue weighted by molar-refractivity contribution is 5.66. The molecule has 0 unspecified atom stereocenters. The quantitative estimate of drug-likeness (QED) is 0.707. The standard InChI is InChI=1S/C16H23NO2/c18-16(19)6-1-2-10-17-11-9-13-7-8-14-4-3-5-15(14)12-13/h7-8,12,17H,1-6,9-11H2,(H,18,19). The first-order valence-electron chi connectivity index (χ1n) is 7.29. The van der Waals surface area contributed by atoms with Crippen LogP contribution in [-0.4, -0.2) is 24.2 Å². The highest BCUT2D eigenvalue weighted by Crippen LogP contribution is 2.22. The molecule has 2 rings (SSSR count). The minimum absolute atomic E-state index is 0.284. The van der Waals surface area contributed by atoms with Crippen molar-refractivity contribution in [2.45, 2.75) is 44.9 Å². The second kappa shape index (κ2) is 7.29. The van der Waals surface area contributed by atoms with E-state index in [0.29, 0.717) is 0 Å². The highest BCUT2D eigenvalue weighted by atomic mass is 16.4. The van der Waals surface area contributed by atoms with Gasteiger partial charge in [-0.15, -0.1) is 0 Å². The van der Waals surface area contributed by atoms with Crippen molar-refractivity contribution in [1.82, 2.24) is 5.32 Å². The van der Waals surface area contributed by atoms with Crippen LogP contribution in [0.25, 0.3) is 0 Å². The number of unbranched alkanes of at least 4 members (excludes halogenated alkanes) is 1. The third-order valence-electron chi connectivity index (χ3n) is 3.75. The van der Waals surface area contributed by atoms with E-state index in [2.05, 4.69) is 23.5 Å². The molecule has 0 amide bonds. The maximum absolute atomic E-state index is 10.3. The van der Waals surface area contributed by atoms with E-state index in [1.54, 1.807) is 5.56 Å². The molecule has 0 saturated carbocycles. The van der Waals surface area contributed by atoms with Crippen LogP contribution < -0.4 is 5.32 Å². The Hall–Kier alpha value is -1.35. The fourth-order valence-corrected chi connectivity index (χ4v) is 2.66. The van der Waals surface area contributed by atoms with E-state index in [4.69, 9.17) is 5.11 Å². The zero-order valence-corrected chi connectivity index (χ0v) is 11.5. The summed E-state index contributed by atoms with van der Waals surface area (Å²) in [4.78, 5) is 10.3. The summed E-state index contributed by atoms with van der Waals surface area (Å²) in [6, 6.07) is 6.88. The maximum atomic E-state index is 10.3. The predicted molar refractivity (Wildman–Crippen MR) is 76.5 cm³/mol. The highest BCUT2D eigenvalue weighted by Gasteiger charge is 2.10. The van der Waals surface area contributed by atoms with Crippen LogP contribution in [-0.2, 0) is 24.1 Å². The number of nitrogens with one attached hydrogen (secondary N) is 1. The first-order valence-corrected chi connectivity index (χ1v) is 7.29. The van der Waals surface area contributed by atoms with Gasteiger partial charge in [0, 0.05) is 6.42 Å². The Morgan fingerprint density at radius 2 is 2.00 bits per heavy atom. The van der Waals surface area contributed by atoms with E-state index in [9.17, 15) is 4.79 Å². The zero-order chi connectivity index (χ0) is 13.5. The molecule has 104 valence electrons. The van der Waals surface area contributed by atoms with Gasteiger partial charge >= 0.3 is 5.97 Å². The smallest absolute Gasteiger partial charge is 0.303 e. The number of carbonyl (C=O) groups is 1. The third kappa shape index (κ3) is 4.67. The fraction of sp³-hybridized carbons (Fsp3) is 0.562. The minimum atomic E-state index is -0.696. The second-order valence-corrected chi connectivity index (χ2v) is 5.31. The molecule has 1 aromatic rings. The van der Waals surface area contributed by atoms with Crippen molar-refractivity contribution in [2.75, 3.05) is 13.1 Å². The van der Waals surface area contributed by atoms with Crippen molar-refractivity contribution in [3.05, 3.63) is 34.9 Å². The molecule has 1 aromatic carbocycles. The number of benzene rings is 1. The largest absolute Gasteiger partial charge is 0.481 e. The maximum Gasteiger partial charge on any atom is 0.303 e. The van der Waals surface area contributed by atoms with Gasteiger partial charge in [0.05, 0.1) is 0 Å². The van der Waals surface area contributed by atoms with Gasteiger partial charge in [-0.1, -0.05) is 18.2 Å². The van der Waals surface area contributed by atoms with Gasteiger partial charge in [0.1, 0.15) is 0 Å². The summed E-state index contributed by atoms with van der Waals surface area (Å²) in [5.74, 6) is -0.696. The molecule has 0 bridgehead atoms. The molecule has 1 aliphatic rings. The van der Waals surface area contributed by atoms with Crippen molar-refractivity contribution in [1.29, 1.82) is 0 Å². The van der Waals surface area contributed by atoms with E-state index < -0.39 is 5.97 Å². The average Bonchev–Trinajstić information content (AvgIpc) is 2.84. The summed E-state index contributed by atoms with van der Waals surface area (Å²) < 4.78 is 0. The lowest BCUT2D eigenvalue weighted by molar-refractivity contribution is -0.137. The second-order valence-electron chi connectivity index (χ2n) is 5.31. The van der Waals surface area contributed by atoms with E-state index in [0.717, 1.165) is 32.4 Å². The van der Waals surface area contributed by atoms with Crippen molar-refractivity contribution in [3.63, 3.8) is 0 Å². The molecule has 3 nitrogen and oxygen atoms in total. The van der Waals surface area contributed by atoms with Crippen molar-refractivity contribution >= 4 is 5.97 Å². The van der Waals surface area contributed by atoms with Gasteiger partial charge in [-0.3, -0.25) is 4.79 Å². The first kappa shape index (κ1) is 14.1. The van der Waals surface area contributed by atoms with Crippen LogP contribution in [0.4, 0.5) is 0 Å². The molecule has 19 heavy (non-hydrogen) atoms. The van der Waals surface area contributed by atoms with Crippen LogP contribution >= 0.6 is 0 Å². The van der Waals surface area contributed by atoms with Gasteiger partial charge in [0.25, 0.3) is 0 Å². The molecule has 0 radical (unpaired) electrons. The van der Waals surface area contributed by atoms with Gasteiger partial charge in [0.15, 0.2) is 0 Å². The predicted octanol–water partition coefficient (Wildman–Crippen LogP) is 2.56. The zero-order valence-electron chi connectivity index (χ0n) is 11.5. The van der Waals surface area contributed by atoms with E-state index in [1.807, 2.05) is 0 Å². The van der Waals surface area contributed by atoms with E-state index in [1.165, 1.54) is 30.4 Å². The lowest BCUT2D eigenvalue weighted by Gasteiger charge is -2.06. The molecule has 0 fully saturated rings. The summed E-state index contributed by atoms with van der Waals surface area (Å²) in [6.45, 7) is 1.89. The van der Waals surface area contributed by atoms with Gasteiger partial charge < -0.3 is 10.4 Å². The Morgan fingerprint density at radius 3 is 2.84 bits per heavy atom. The summed E-state index contributed by atoms with van der Waals surface area (Å²) in [5, 5.41) is 11.9. The Bertz CT molecular complexity index is 429. The Morgan fingerprint density at radius 1 is 1.16 bits per heavy atom. The molecule has 0 aliphatic heterocycles. The van der Waals surface area contributed by atoms with Crippen molar-refractivity contribution < 1.29 is 9.90 Å². The lowest BCUT2D eigenvalue weighted by Crippen LogP contribution is -2.18. The summed E-state index contributed by atoms with van der Waals surface area (Å²) in [7, 11) is 0. The molecule has 2 N–H and O–H groups in total. The molecular weight excluding hydrogens is 238 g/mol. The summed E-state index contributed by atoms with van der Waals surface area (Å²) in [5.41, 5.74) is 4.49. The van der Waals surface area contributed by atoms with Crippen molar-refractivity contribution in [2.24, 2.45) is 0 Å². The SMILES string of the molecule is O=C(O)CCCCNCCc1ccc2c(c1)CCC2. The molecule has 1 aliphatic carbocycles. The number of hydrogen-bond donors (Lipinski definition) is 2. The van der Waals surface area contributed by atoms with Crippen LogP contribution in [0.2, 0.25) is 0 Å². The molecule has 0 aromatic heterocycles. The number of aryl methyl sites for hydroxylation is 2. The minimum Gasteiger partial charge on any atom is -0.481 e. The van der Waals surface area contributed by atoms with Crippen LogP contribution in [0, 0.1) is 0 Å². The van der Waals surface area contributed by atoms with E-state index >= 15 is 0 Å². The molecule has 0 saturated heterocycles. The molecule has 0 atom stereocenters. The number of carboxylic acid groups (broad SMARTS) is 1. The number of carboxylic acids is 1. The summed E-state index contributed by atoms with van der Waals surface area (Å²) in [6.07, 6.45) is 6.85. The molecule has 0 heterocycles. The molecule has 0 spiro atoms. The van der Waals surface area contributed by atoms with Gasteiger partial charge in [-0.25, -0.2) is 0 Å². The average molecular weight is 261 g/mol. The normalized spacial score (nSPS) is 13.5. The Kier molecular flexibility index (Phi) is 5.40. The molecular formula is C16H23NO2. The van der Waals surface area contributed by atoms with Crippen LogP contribution in [0.15, 0.2) is 18.2 Å². The Balaban J connectivity index is 1.59. The van der Waals surface area contributed by atoms with Crippen LogP contribution in [0.1, 0.15) is 42.4 Å². The number of hydrogen-bond acceptors (Lipinski definition) is 2. The van der Waals surface area contributed by atoms with Gasteiger partial charge in [0.2, 0.25) is 0 Å². The molecule has 3 heteroatoms. The number of fused-ring (bicyclic) bond motifs is 1. The van der Waals surface area contributed by atoms with Crippen molar-refractivity contribution in [3.8, 4) is 0 Å². The fourth-order valence-electron chi connectivity index (χ4n) is 2.66. The topological polar surface area (TPSA) is 49.3 Å². The van der Waals surface area contributed by atoms with Crippen LogP contribution in [0.5, 0.6) is 0 Å². The van der Waals surface area contributed by atoms with Crippen LogP contribution in [0.3, 0.4) is 0 Å². The van der Waals surface area contributed by atoms with E-state index in [-0.39, 0.29) is 6.42 Å².